The number of amides is 1. The van der Waals surface area contributed by atoms with Crippen LogP contribution in [-0.4, -0.2) is 29.5 Å². The second kappa shape index (κ2) is 5.85. The molecule has 3 unspecified atom stereocenters. The van der Waals surface area contributed by atoms with Gasteiger partial charge in [0.2, 0.25) is 5.91 Å². The maximum Gasteiger partial charge on any atom is 0.234 e. The summed E-state index contributed by atoms with van der Waals surface area (Å²) in [4.78, 5) is 11.7. The van der Waals surface area contributed by atoms with Gasteiger partial charge in [-0.3, -0.25) is 4.79 Å². The Morgan fingerprint density at radius 2 is 2.20 bits per heavy atom. The molecular weight excluding hydrogens is 258 g/mol. The van der Waals surface area contributed by atoms with Crippen molar-refractivity contribution in [3.8, 4) is 0 Å². The minimum Gasteiger partial charge on any atom is -0.378 e. The third kappa shape index (κ3) is 4.11. The quantitative estimate of drug-likeness (QED) is 0.803. The van der Waals surface area contributed by atoms with E-state index in [-0.39, 0.29) is 22.9 Å². The fourth-order valence-corrected chi connectivity index (χ4v) is 1.84. The first-order valence-corrected chi connectivity index (χ1v) is 6.48. The van der Waals surface area contributed by atoms with Crippen LogP contribution in [0.2, 0.25) is 0 Å². The monoisotopic (exact) mass is 277 g/mol. The van der Waals surface area contributed by atoms with Crippen LogP contribution in [0, 0.1) is 5.92 Å². The molecule has 1 fully saturated rings. The van der Waals surface area contributed by atoms with Gasteiger partial charge in [0.1, 0.15) is 0 Å². The SMILES string of the molecule is CC1CC(NC(=O)C(Br)C(C)C)CCO1. The predicted molar refractivity (Wildman–Crippen MR) is 64.1 cm³/mol. The molecule has 0 aliphatic carbocycles. The molecule has 1 amide bonds. The summed E-state index contributed by atoms with van der Waals surface area (Å²) in [7, 11) is 0. The number of ether oxygens (including phenoxy) is 1. The highest BCUT2D eigenvalue weighted by atomic mass is 79.9. The van der Waals surface area contributed by atoms with Gasteiger partial charge < -0.3 is 10.1 Å². The minimum atomic E-state index is -0.0874. The van der Waals surface area contributed by atoms with Crippen LogP contribution in [0.15, 0.2) is 0 Å². The summed E-state index contributed by atoms with van der Waals surface area (Å²) < 4.78 is 5.43. The molecular formula is C11H20BrNO2. The number of nitrogens with one attached hydrogen (secondary N) is 1. The topological polar surface area (TPSA) is 38.3 Å². The molecule has 0 bridgehead atoms. The number of hydrogen-bond acceptors (Lipinski definition) is 2. The highest BCUT2D eigenvalue weighted by Gasteiger charge is 2.24. The molecule has 0 saturated carbocycles. The second-order valence-electron chi connectivity index (χ2n) is 4.56. The third-order valence-electron chi connectivity index (χ3n) is 2.67. The number of carbonyl (C=O) groups excluding carboxylic acids is 1. The maximum absolute atomic E-state index is 11.8. The summed E-state index contributed by atoms with van der Waals surface area (Å²) in [6, 6.07) is 0.278. The fraction of sp³-hybridized carbons (Fsp3) is 0.909. The number of halogens is 1. The van der Waals surface area contributed by atoms with Crippen molar-refractivity contribution in [2.75, 3.05) is 6.61 Å². The summed E-state index contributed by atoms with van der Waals surface area (Å²) in [5, 5.41) is 3.06. The molecule has 0 aromatic heterocycles. The molecule has 1 rings (SSSR count). The Bertz CT molecular complexity index is 221. The van der Waals surface area contributed by atoms with Crippen molar-refractivity contribution in [3.63, 3.8) is 0 Å². The van der Waals surface area contributed by atoms with Crippen molar-refractivity contribution in [2.45, 2.75) is 50.6 Å². The van der Waals surface area contributed by atoms with E-state index in [1.54, 1.807) is 0 Å². The summed E-state index contributed by atoms with van der Waals surface area (Å²) in [5.74, 6) is 0.423. The molecule has 1 aliphatic heterocycles. The molecule has 3 atom stereocenters. The van der Waals surface area contributed by atoms with Crippen molar-refractivity contribution in [3.05, 3.63) is 0 Å². The lowest BCUT2D eigenvalue weighted by molar-refractivity contribution is -0.122. The molecule has 1 N–H and O–H groups in total. The van der Waals surface area contributed by atoms with Crippen LogP contribution < -0.4 is 5.32 Å². The van der Waals surface area contributed by atoms with E-state index >= 15 is 0 Å². The minimum absolute atomic E-state index is 0.0874. The van der Waals surface area contributed by atoms with Crippen LogP contribution in [0.4, 0.5) is 0 Å². The van der Waals surface area contributed by atoms with E-state index in [0.29, 0.717) is 5.92 Å². The Kier molecular flexibility index (Phi) is 5.06. The van der Waals surface area contributed by atoms with E-state index in [9.17, 15) is 4.79 Å². The number of alkyl halides is 1. The predicted octanol–water partition coefficient (Wildman–Crippen LogP) is 2.09. The van der Waals surface area contributed by atoms with Crippen LogP contribution in [-0.2, 0) is 9.53 Å². The van der Waals surface area contributed by atoms with Gasteiger partial charge in [-0.05, 0) is 25.7 Å². The summed E-state index contributed by atoms with van der Waals surface area (Å²) in [6.07, 6.45) is 2.11. The van der Waals surface area contributed by atoms with Crippen molar-refractivity contribution < 1.29 is 9.53 Å². The Labute approximate surface area is 100 Å². The van der Waals surface area contributed by atoms with Crippen LogP contribution in [0.3, 0.4) is 0 Å². The summed E-state index contributed by atoms with van der Waals surface area (Å²) in [6.45, 7) is 6.87. The van der Waals surface area contributed by atoms with Crippen molar-refractivity contribution >= 4 is 21.8 Å². The first-order chi connectivity index (χ1) is 7.00. The number of carbonyl (C=O) groups is 1. The highest BCUT2D eigenvalue weighted by molar-refractivity contribution is 9.10. The van der Waals surface area contributed by atoms with Gasteiger partial charge in [0.05, 0.1) is 10.9 Å². The summed E-state index contributed by atoms with van der Waals surface area (Å²) >= 11 is 3.41. The molecule has 1 heterocycles. The van der Waals surface area contributed by atoms with E-state index in [4.69, 9.17) is 4.74 Å². The lowest BCUT2D eigenvalue weighted by Gasteiger charge is -2.29. The average molecular weight is 278 g/mol. The van der Waals surface area contributed by atoms with E-state index in [1.165, 1.54) is 0 Å². The smallest absolute Gasteiger partial charge is 0.234 e. The lowest BCUT2D eigenvalue weighted by atomic mass is 10.0. The van der Waals surface area contributed by atoms with E-state index in [0.717, 1.165) is 19.4 Å². The number of rotatable bonds is 3. The zero-order valence-corrected chi connectivity index (χ0v) is 11.2. The lowest BCUT2D eigenvalue weighted by Crippen LogP contribution is -2.45. The van der Waals surface area contributed by atoms with Crippen molar-refractivity contribution in [1.29, 1.82) is 0 Å². The maximum atomic E-state index is 11.8. The van der Waals surface area contributed by atoms with Gasteiger partial charge >= 0.3 is 0 Å². The van der Waals surface area contributed by atoms with Gasteiger partial charge in [-0.2, -0.15) is 0 Å². The molecule has 1 aliphatic rings. The Hall–Kier alpha value is -0.0900. The standard InChI is InChI=1S/C11H20BrNO2/c1-7(2)10(12)11(14)13-9-4-5-15-8(3)6-9/h7-10H,4-6H2,1-3H3,(H,13,14). The normalized spacial score (nSPS) is 28.9. The molecule has 15 heavy (non-hydrogen) atoms. The third-order valence-corrected chi connectivity index (χ3v) is 4.14. The molecule has 3 nitrogen and oxygen atoms in total. The van der Waals surface area contributed by atoms with Crippen LogP contribution in [0.25, 0.3) is 0 Å². The molecule has 1 saturated heterocycles. The zero-order chi connectivity index (χ0) is 11.4. The molecule has 0 radical (unpaired) electrons. The van der Waals surface area contributed by atoms with Gasteiger partial charge in [-0.1, -0.05) is 29.8 Å². The van der Waals surface area contributed by atoms with Gasteiger partial charge in [0.15, 0.2) is 0 Å². The van der Waals surface area contributed by atoms with Gasteiger partial charge in [-0.25, -0.2) is 0 Å². The Balaban J connectivity index is 2.37. The van der Waals surface area contributed by atoms with Crippen LogP contribution >= 0.6 is 15.9 Å². The van der Waals surface area contributed by atoms with Gasteiger partial charge in [0, 0.05) is 12.6 Å². The van der Waals surface area contributed by atoms with E-state index in [2.05, 4.69) is 21.2 Å². The Morgan fingerprint density at radius 1 is 1.53 bits per heavy atom. The van der Waals surface area contributed by atoms with Gasteiger partial charge in [-0.15, -0.1) is 0 Å². The molecule has 88 valence electrons. The number of hydrogen-bond donors (Lipinski definition) is 1. The molecule has 0 spiro atoms. The van der Waals surface area contributed by atoms with E-state index in [1.807, 2.05) is 20.8 Å². The van der Waals surface area contributed by atoms with Gasteiger partial charge in [0.25, 0.3) is 0 Å². The first-order valence-electron chi connectivity index (χ1n) is 5.56. The Morgan fingerprint density at radius 3 is 2.73 bits per heavy atom. The fourth-order valence-electron chi connectivity index (χ4n) is 1.71. The highest BCUT2D eigenvalue weighted by Crippen LogP contribution is 2.16. The largest absolute Gasteiger partial charge is 0.378 e. The van der Waals surface area contributed by atoms with Crippen LogP contribution in [0.5, 0.6) is 0 Å². The average Bonchev–Trinajstić information content (AvgIpc) is 2.16. The second-order valence-corrected chi connectivity index (χ2v) is 5.54. The molecule has 4 heteroatoms. The summed E-state index contributed by atoms with van der Waals surface area (Å²) in [5.41, 5.74) is 0. The zero-order valence-electron chi connectivity index (χ0n) is 9.63. The van der Waals surface area contributed by atoms with Crippen molar-refractivity contribution in [1.82, 2.24) is 5.32 Å². The first kappa shape index (κ1) is 13.0. The molecule has 0 aromatic carbocycles. The van der Waals surface area contributed by atoms with E-state index < -0.39 is 0 Å². The van der Waals surface area contributed by atoms with Crippen LogP contribution in [0.1, 0.15) is 33.6 Å². The molecule has 0 aromatic rings. The van der Waals surface area contributed by atoms with Crippen molar-refractivity contribution in [2.24, 2.45) is 5.92 Å².